The fourth-order valence-electron chi connectivity index (χ4n) is 6.11. The highest BCUT2D eigenvalue weighted by molar-refractivity contribution is 6.35. The quantitative estimate of drug-likeness (QED) is 0.383. The number of aromatic hydroxyl groups is 1. The van der Waals surface area contributed by atoms with Gasteiger partial charge in [-0.2, -0.15) is 13.2 Å². The van der Waals surface area contributed by atoms with Gasteiger partial charge in [0.25, 0.3) is 0 Å². The van der Waals surface area contributed by atoms with Crippen LogP contribution in [0.1, 0.15) is 19.4 Å². The number of carbonyl (C=O) groups excluding carboxylic acids is 1. The van der Waals surface area contributed by atoms with E-state index >= 15 is 4.39 Å². The van der Waals surface area contributed by atoms with Crippen LogP contribution in [0.2, 0.25) is 5.02 Å². The highest BCUT2D eigenvalue weighted by Gasteiger charge is 2.44. The first-order valence-corrected chi connectivity index (χ1v) is 14.1. The summed E-state index contributed by atoms with van der Waals surface area (Å²) in [6, 6.07) is 4.03. The monoisotopic (exact) mass is 625 g/mol. The Bertz CT molecular complexity index is 1450. The number of aliphatic hydroxyl groups excluding tert-OH is 1. The third kappa shape index (κ3) is 5.73. The van der Waals surface area contributed by atoms with Crippen molar-refractivity contribution in [1.82, 2.24) is 14.7 Å². The average Bonchev–Trinajstić information content (AvgIpc) is 2.91. The number of piperazine rings is 1. The molecule has 1 unspecified atom stereocenters. The van der Waals surface area contributed by atoms with Crippen molar-refractivity contribution in [2.45, 2.75) is 44.5 Å². The van der Waals surface area contributed by atoms with E-state index < -0.39 is 36.7 Å². The lowest BCUT2D eigenvalue weighted by molar-refractivity contribution is -0.143. The number of phenols is 1. The first-order chi connectivity index (χ1) is 20.2. The Kier molecular flexibility index (Phi) is 8.27. The van der Waals surface area contributed by atoms with Gasteiger partial charge in [-0.3, -0.25) is 9.69 Å². The fraction of sp³-hybridized carbons (Fsp3) is 0.448. The number of alkyl halides is 3. The second kappa shape index (κ2) is 11.5. The molecule has 3 aliphatic heterocycles. The van der Waals surface area contributed by atoms with Crippen LogP contribution in [-0.2, 0) is 4.79 Å². The van der Waals surface area contributed by atoms with Crippen LogP contribution in [0.15, 0.2) is 41.9 Å². The van der Waals surface area contributed by atoms with Crippen LogP contribution in [0.5, 0.6) is 11.5 Å². The molecule has 0 saturated carbocycles. The van der Waals surface area contributed by atoms with E-state index in [2.05, 4.69) is 11.6 Å². The van der Waals surface area contributed by atoms with Gasteiger partial charge in [-0.05, 0) is 45.2 Å². The maximum atomic E-state index is 15.1. The molecule has 1 amide bonds. The molecule has 2 N–H and O–H groups in total. The van der Waals surface area contributed by atoms with E-state index in [1.54, 1.807) is 4.90 Å². The van der Waals surface area contributed by atoms with Crippen LogP contribution < -0.4 is 9.64 Å². The molecule has 2 aromatic carbocycles. The molecule has 43 heavy (non-hydrogen) atoms. The Labute approximate surface area is 251 Å². The number of carbonyl (C=O) groups is 1. The number of anilines is 1. The van der Waals surface area contributed by atoms with Crippen LogP contribution in [0, 0.1) is 5.82 Å². The number of aliphatic hydroxyl groups is 1. The normalized spacial score (nSPS) is 23.6. The topological polar surface area (TPSA) is 92.1 Å². The Morgan fingerprint density at radius 3 is 2.63 bits per heavy atom. The molecule has 0 spiro atoms. The van der Waals surface area contributed by atoms with Crippen LogP contribution in [-0.4, -0.2) is 107 Å². The lowest BCUT2D eigenvalue weighted by atomic mass is 9.94. The van der Waals surface area contributed by atoms with Crippen molar-refractivity contribution in [3.63, 3.8) is 0 Å². The standard InChI is InChI=1S/C29H32ClF4N5O4/c1-5-22(41)37-10-16(3)38(11-15(37)2)27-18-9-19(30)23(24-20(31)7-6-8-21(24)40)26-25(18)39(28(42)35-27)17(13-43-26)12-36(4)14-29(32,33)34/h5-9,15-17,28,40,42H,1,10-14H2,2-4H3/t15-,16+,17-,28?/m1/s1. The van der Waals surface area contributed by atoms with Crippen molar-refractivity contribution >= 4 is 29.0 Å². The molecule has 9 nitrogen and oxygen atoms in total. The van der Waals surface area contributed by atoms with Crippen molar-refractivity contribution in [3.05, 3.63) is 53.3 Å². The molecule has 4 atom stereocenters. The number of benzene rings is 2. The number of aliphatic imine (C=N–C) groups is 1. The predicted octanol–water partition coefficient (Wildman–Crippen LogP) is 4.06. The van der Waals surface area contributed by atoms with Crippen LogP contribution in [0.25, 0.3) is 11.1 Å². The van der Waals surface area contributed by atoms with Gasteiger partial charge in [-0.25, -0.2) is 9.38 Å². The summed E-state index contributed by atoms with van der Waals surface area (Å²) in [5, 5.41) is 22.1. The minimum atomic E-state index is -4.44. The van der Waals surface area contributed by atoms with Crippen molar-refractivity contribution in [2.75, 3.05) is 44.7 Å². The smallest absolute Gasteiger partial charge is 0.401 e. The lowest BCUT2D eigenvalue weighted by Crippen LogP contribution is -2.61. The van der Waals surface area contributed by atoms with Crippen LogP contribution in [0.4, 0.5) is 23.2 Å². The van der Waals surface area contributed by atoms with Crippen molar-refractivity contribution in [1.29, 1.82) is 0 Å². The molecule has 232 valence electrons. The van der Waals surface area contributed by atoms with E-state index in [1.807, 2.05) is 18.7 Å². The number of hydrogen-bond acceptors (Lipinski definition) is 8. The van der Waals surface area contributed by atoms with E-state index in [-0.39, 0.29) is 58.7 Å². The maximum absolute atomic E-state index is 15.1. The van der Waals surface area contributed by atoms with E-state index in [1.165, 1.54) is 36.2 Å². The molecular formula is C29H32ClF4N5O4. The molecular weight excluding hydrogens is 594 g/mol. The first kappa shape index (κ1) is 30.9. The second-order valence-corrected chi connectivity index (χ2v) is 11.5. The van der Waals surface area contributed by atoms with Crippen molar-refractivity contribution < 1.29 is 37.3 Å². The zero-order valence-electron chi connectivity index (χ0n) is 23.8. The lowest BCUT2D eigenvalue weighted by Gasteiger charge is -2.49. The van der Waals surface area contributed by atoms with Gasteiger partial charge < -0.3 is 29.6 Å². The molecule has 0 aliphatic carbocycles. The number of rotatable bonds is 5. The van der Waals surface area contributed by atoms with Gasteiger partial charge in [0.1, 0.15) is 24.0 Å². The second-order valence-electron chi connectivity index (χ2n) is 11.1. The summed E-state index contributed by atoms with van der Waals surface area (Å²) >= 11 is 6.77. The summed E-state index contributed by atoms with van der Waals surface area (Å²) in [7, 11) is 1.31. The van der Waals surface area contributed by atoms with E-state index in [0.29, 0.717) is 24.5 Å². The largest absolute Gasteiger partial charge is 0.507 e. The number of hydrogen-bond donors (Lipinski definition) is 2. The summed E-state index contributed by atoms with van der Waals surface area (Å²) in [6.45, 7) is 6.52. The van der Waals surface area contributed by atoms with Crippen LogP contribution >= 0.6 is 11.6 Å². The molecule has 14 heteroatoms. The summed E-state index contributed by atoms with van der Waals surface area (Å²) < 4.78 is 60.7. The van der Waals surface area contributed by atoms with Gasteiger partial charge in [-0.1, -0.05) is 24.2 Å². The predicted molar refractivity (Wildman–Crippen MR) is 154 cm³/mol. The molecule has 3 aliphatic rings. The summed E-state index contributed by atoms with van der Waals surface area (Å²) in [5.41, 5.74) is 0.505. The van der Waals surface area contributed by atoms with Crippen LogP contribution in [0.3, 0.4) is 0 Å². The third-order valence-electron chi connectivity index (χ3n) is 7.94. The molecule has 1 fully saturated rings. The number of ether oxygens (including phenoxy) is 1. The highest BCUT2D eigenvalue weighted by atomic mass is 35.5. The van der Waals surface area contributed by atoms with Gasteiger partial charge in [0.05, 0.1) is 34.4 Å². The molecule has 2 aromatic rings. The molecule has 1 saturated heterocycles. The number of nitrogens with zero attached hydrogens (tertiary/aromatic N) is 5. The van der Waals surface area contributed by atoms with Gasteiger partial charge in [0.2, 0.25) is 12.3 Å². The number of amidine groups is 1. The average molecular weight is 626 g/mol. The van der Waals surface area contributed by atoms with E-state index in [4.69, 9.17) is 16.3 Å². The minimum absolute atomic E-state index is 0.0343. The summed E-state index contributed by atoms with van der Waals surface area (Å²) in [5.74, 6) is -0.981. The number of phenolic OH excluding ortho intramolecular Hbond substituents is 1. The minimum Gasteiger partial charge on any atom is -0.507 e. The number of halogens is 5. The third-order valence-corrected chi connectivity index (χ3v) is 8.23. The zero-order valence-corrected chi connectivity index (χ0v) is 24.5. The number of likely N-dealkylation sites (N-methyl/N-ethyl adjacent to an activating group) is 1. The molecule has 0 bridgehead atoms. The summed E-state index contributed by atoms with van der Waals surface area (Å²) in [6.07, 6.45) is -4.73. The van der Waals surface area contributed by atoms with Gasteiger partial charge in [0.15, 0.2) is 5.75 Å². The molecule has 0 aromatic heterocycles. The SMILES string of the molecule is C=CC(=O)N1C[C@H](C)N(C2=NC(O)N3c4c2cc(Cl)c(-c2c(O)cccc2F)c4OC[C@H]3CN(C)CC(F)(F)F)C[C@H]1C. The number of amides is 1. The highest BCUT2D eigenvalue weighted by Crippen LogP contribution is 2.52. The van der Waals surface area contributed by atoms with Gasteiger partial charge in [0, 0.05) is 37.3 Å². The Morgan fingerprint density at radius 1 is 1.26 bits per heavy atom. The Morgan fingerprint density at radius 2 is 1.98 bits per heavy atom. The maximum Gasteiger partial charge on any atom is 0.401 e. The zero-order chi connectivity index (χ0) is 31.4. The van der Waals surface area contributed by atoms with Crippen molar-refractivity contribution in [3.8, 4) is 22.6 Å². The molecule has 0 radical (unpaired) electrons. The van der Waals surface area contributed by atoms with Gasteiger partial charge >= 0.3 is 6.18 Å². The Hall–Kier alpha value is -3.55. The Balaban J connectivity index is 1.64. The van der Waals surface area contributed by atoms with E-state index in [0.717, 1.165) is 11.0 Å². The fourth-order valence-corrected chi connectivity index (χ4v) is 6.40. The van der Waals surface area contributed by atoms with Gasteiger partial charge in [-0.15, -0.1) is 0 Å². The molecule has 5 rings (SSSR count). The van der Waals surface area contributed by atoms with E-state index in [9.17, 15) is 28.2 Å². The van der Waals surface area contributed by atoms with Crippen molar-refractivity contribution in [2.24, 2.45) is 4.99 Å². The summed E-state index contributed by atoms with van der Waals surface area (Å²) in [4.78, 5) is 23.1. The first-order valence-electron chi connectivity index (χ1n) is 13.7. The molecule has 3 heterocycles.